The minimum absolute atomic E-state index is 0.0556. The number of carbonyl (C=O) groups excluding carboxylic acids is 1. The van der Waals surface area contributed by atoms with E-state index in [0.717, 1.165) is 12.2 Å². The van der Waals surface area contributed by atoms with Crippen LogP contribution in [0.3, 0.4) is 0 Å². The third kappa shape index (κ3) is 5.71. The van der Waals surface area contributed by atoms with Gasteiger partial charge < -0.3 is 10.1 Å². The van der Waals surface area contributed by atoms with Crippen LogP contribution in [0, 0.1) is 6.92 Å². The zero-order valence-corrected chi connectivity index (χ0v) is 16.7. The Labute approximate surface area is 164 Å². The second kappa shape index (κ2) is 9.93. The molecular weight excluding hydrogens is 362 g/mol. The summed E-state index contributed by atoms with van der Waals surface area (Å²) in [6.45, 7) is 2.77. The second-order valence-electron chi connectivity index (χ2n) is 6.31. The zero-order chi connectivity index (χ0) is 18.2. The van der Waals surface area contributed by atoms with E-state index < -0.39 is 0 Å². The molecule has 1 aliphatic rings. The van der Waals surface area contributed by atoms with Gasteiger partial charge in [0.1, 0.15) is 5.75 Å². The van der Waals surface area contributed by atoms with Gasteiger partial charge in [-0.05, 0) is 60.1 Å². The quantitative estimate of drug-likeness (QED) is 0.753. The predicted molar refractivity (Wildman–Crippen MR) is 112 cm³/mol. The van der Waals surface area contributed by atoms with Crippen molar-refractivity contribution in [3.8, 4) is 5.75 Å². The molecule has 1 fully saturated rings. The third-order valence-electron chi connectivity index (χ3n) is 4.33. The Morgan fingerprint density at radius 2 is 1.85 bits per heavy atom. The molecule has 0 bridgehead atoms. The Kier molecular flexibility index (Phi) is 7.32. The summed E-state index contributed by atoms with van der Waals surface area (Å²) in [7, 11) is 0. The lowest BCUT2D eigenvalue weighted by atomic mass is 10.1. The van der Waals surface area contributed by atoms with E-state index in [1.165, 1.54) is 34.6 Å². The number of rotatable bonds is 7. The first-order valence-corrected chi connectivity index (χ1v) is 11.1. The van der Waals surface area contributed by atoms with E-state index in [0.29, 0.717) is 11.1 Å². The SMILES string of the molecule is Cc1ccccc1CCNC(=O)COc1ccc(C2SCCCS2)cc1. The van der Waals surface area contributed by atoms with Gasteiger partial charge in [0.05, 0.1) is 4.58 Å². The highest BCUT2D eigenvalue weighted by atomic mass is 32.2. The van der Waals surface area contributed by atoms with E-state index in [-0.39, 0.29) is 12.5 Å². The molecule has 1 saturated heterocycles. The number of hydrogen-bond donors (Lipinski definition) is 1. The van der Waals surface area contributed by atoms with Crippen LogP contribution in [0.2, 0.25) is 0 Å². The zero-order valence-electron chi connectivity index (χ0n) is 15.1. The van der Waals surface area contributed by atoms with Crippen molar-refractivity contribution in [2.45, 2.75) is 24.3 Å². The van der Waals surface area contributed by atoms with Crippen LogP contribution in [0.1, 0.15) is 27.7 Å². The van der Waals surface area contributed by atoms with Gasteiger partial charge in [0.25, 0.3) is 5.91 Å². The molecule has 0 radical (unpaired) electrons. The molecule has 0 atom stereocenters. The molecular formula is C21H25NO2S2. The molecule has 2 aromatic carbocycles. The minimum Gasteiger partial charge on any atom is -0.484 e. The lowest BCUT2D eigenvalue weighted by molar-refractivity contribution is -0.123. The number of nitrogens with one attached hydrogen (secondary N) is 1. The number of ether oxygens (including phenoxy) is 1. The summed E-state index contributed by atoms with van der Waals surface area (Å²) in [6.07, 6.45) is 2.13. The highest BCUT2D eigenvalue weighted by molar-refractivity contribution is 8.16. The summed E-state index contributed by atoms with van der Waals surface area (Å²) in [4.78, 5) is 12.0. The summed E-state index contributed by atoms with van der Waals surface area (Å²) in [6, 6.07) is 16.4. The minimum atomic E-state index is -0.0824. The maximum Gasteiger partial charge on any atom is 0.257 e. The monoisotopic (exact) mass is 387 g/mol. The molecule has 0 saturated carbocycles. The fourth-order valence-corrected chi connectivity index (χ4v) is 5.72. The van der Waals surface area contributed by atoms with Crippen LogP contribution >= 0.6 is 23.5 Å². The number of hydrogen-bond acceptors (Lipinski definition) is 4. The van der Waals surface area contributed by atoms with Crippen molar-refractivity contribution in [3.05, 3.63) is 65.2 Å². The Morgan fingerprint density at radius 1 is 1.12 bits per heavy atom. The molecule has 0 unspecified atom stereocenters. The molecule has 3 nitrogen and oxygen atoms in total. The molecule has 3 rings (SSSR count). The Morgan fingerprint density at radius 3 is 2.58 bits per heavy atom. The summed E-state index contributed by atoms with van der Waals surface area (Å²) < 4.78 is 6.14. The highest BCUT2D eigenvalue weighted by Gasteiger charge is 2.16. The van der Waals surface area contributed by atoms with E-state index in [9.17, 15) is 4.79 Å². The summed E-state index contributed by atoms with van der Waals surface area (Å²) >= 11 is 4.01. The first-order chi connectivity index (χ1) is 12.7. The van der Waals surface area contributed by atoms with E-state index in [1.54, 1.807) is 0 Å². The van der Waals surface area contributed by atoms with Crippen LogP contribution in [-0.2, 0) is 11.2 Å². The van der Waals surface area contributed by atoms with Gasteiger partial charge >= 0.3 is 0 Å². The molecule has 2 aromatic rings. The van der Waals surface area contributed by atoms with Crippen molar-refractivity contribution in [1.29, 1.82) is 0 Å². The molecule has 0 spiro atoms. The van der Waals surface area contributed by atoms with Gasteiger partial charge in [0.15, 0.2) is 6.61 Å². The molecule has 0 aromatic heterocycles. The first-order valence-electron chi connectivity index (χ1n) is 8.99. The fraction of sp³-hybridized carbons (Fsp3) is 0.381. The van der Waals surface area contributed by atoms with Crippen molar-refractivity contribution in [2.24, 2.45) is 0 Å². The van der Waals surface area contributed by atoms with Gasteiger partial charge in [0, 0.05) is 6.54 Å². The van der Waals surface area contributed by atoms with Gasteiger partial charge in [-0.1, -0.05) is 36.4 Å². The Balaban J connectivity index is 1.39. The van der Waals surface area contributed by atoms with Crippen LogP contribution in [0.15, 0.2) is 48.5 Å². The molecule has 1 heterocycles. The summed E-state index contributed by atoms with van der Waals surface area (Å²) in [5.74, 6) is 3.13. The lowest BCUT2D eigenvalue weighted by Gasteiger charge is -2.21. The van der Waals surface area contributed by atoms with Gasteiger partial charge in [-0.3, -0.25) is 4.79 Å². The number of amides is 1. The van der Waals surface area contributed by atoms with Gasteiger partial charge in [0.2, 0.25) is 0 Å². The number of aryl methyl sites for hydroxylation is 1. The van der Waals surface area contributed by atoms with E-state index >= 15 is 0 Å². The molecule has 1 N–H and O–H groups in total. The van der Waals surface area contributed by atoms with Crippen LogP contribution in [0.4, 0.5) is 0 Å². The predicted octanol–water partition coefficient (Wildman–Crippen LogP) is 4.60. The third-order valence-corrected chi connectivity index (χ3v) is 7.34. The smallest absolute Gasteiger partial charge is 0.257 e. The maximum atomic E-state index is 12.0. The van der Waals surface area contributed by atoms with Crippen molar-refractivity contribution in [2.75, 3.05) is 24.7 Å². The number of carbonyl (C=O) groups is 1. The molecule has 5 heteroatoms. The topological polar surface area (TPSA) is 38.3 Å². The average molecular weight is 388 g/mol. The largest absolute Gasteiger partial charge is 0.484 e. The molecule has 26 heavy (non-hydrogen) atoms. The van der Waals surface area contributed by atoms with Crippen LogP contribution in [0.5, 0.6) is 5.75 Å². The van der Waals surface area contributed by atoms with Crippen molar-refractivity contribution < 1.29 is 9.53 Å². The van der Waals surface area contributed by atoms with Crippen molar-refractivity contribution in [1.82, 2.24) is 5.32 Å². The standard InChI is InChI=1S/C21H25NO2S2/c1-16-5-2-3-6-17(16)11-12-22-20(23)15-24-19-9-7-18(8-10-19)21-25-13-4-14-26-21/h2-3,5-10,21H,4,11-15H2,1H3,(H,22,23). The molecule has 1 aliphatic heterocycles. The second-order valence-corrected chi connectivity index (χ2v) is 9.04. The Hall–Kier alpha value is -1.59. The highest BCUT2D eigenvalue weighted by Crippen LogP contribution is 2.43. The van der Waals surface area contributed by atoms with E-state index in [4.69, 9.17) is 4.74 Å². The van der Waals surface area contributed by atoms with Gasteiger partial charge in [-0.25, -0.2) is 0 Å². The van der Waals surface area contributed by atoms with E-state index in [1.807, 2.05) is 47.8 Å². The maximum absolute atomic E-state index is 12.0. The summed E-state index contributed by atoms with van der Waals surface area (Å²) in [5.41, 5.74) is 3.85. The molecule has 138 valence electrons. The van der Waals surface area contributed by atoms with Crippen LogP contribution in [0.25, 0.3) is 0 Å². The van der Waals surface area contributed by atoms with Crippen molar-refractivity contribution >= 4 is 29.4 Å². The Bertz CT molecular complexity index is 712. The lowest BCUT2D eigenvalue weighted by Crippen LogP contribution is -2.30. The molecule has 0 aliphatic carbocycles. The fourth-order valence-electron chi connectivity index (χ4n) is 2.83. The van der Waals surface area contributed by atoms with Crippen molar-refractivity contribution in [3.63, 3.8) is 0 Å². The van der Waals surface area contributed by atoms with E-state index in [2.05, 4.69) is 36.5 Å². The van der Waals surface area contributed by atoms with Crippen LogP contribution < -0.4 is 10.1 Å². The van der Waals surface area contributed by atoms with Gasteiger partial charge in [-0.2, -0.15) is 0 Å². The number of benzene rings is 2. The normalized spacial score (nSPS) is 14.8. The first kappa shape index (κ1) is 19.2. The molecule has 1 amide bonds. The van der Waals surface area contributed by atoms with Gasteiger partial charge in [-0.15, -0.1) is 23.5 Å². The summed E-state index contributed by atoms with van der Waals surface area (Å²) in [5, 5.41) is 2.92. The number of thioether (sulfide) groups is 2. The van der Waals surface area contributed by atoms with Crippen LogP contribution in [-0.4, -0.2) is 30.6 Å². The average Bonchev–Trinajstić information content (AvgIpc) is 2.69.